The van der Waals surface area contributed by atoms with Crippen LogP contribution in [0.4, 0.5) is 0 Å². The van der Waals surface area contributed by atoms with Crippen molar-refractivity contribution in [3.05, 3.63) is 64.8 Å². The SMILES string of the molecule is O=C(NNC(=O)c1cc2cc(Cl)ccc2[nH]1)c1ccc(-c2nn[nH]n2)cc1. The van der Waals surface area contributed by atoms with Crippen LogP contribution >= 0.6 is 11.6 Å². The zero-order valence-electron chi connectivity index (χ0n) is 13.7. The number of aromatic amines is 2. The van der Waals surface area contributed by atoms with E-state index in [0.717, 1.165) is 10.9 Å². The molecular weight excluding hydrogens is 370 g/mol. The molecule has 0 fully saturated rings. The second kappa shape index (κ2) is 6.89. The Morgan fingerprint density at radius 1 is 0.963 bits per heavy atom. The summed E-state index contributed by atoms with van der Waals surface area (Å²) in [5.74, 6) is -0.504. The van der Waals surface area contributed by atoms with Gasteiger partial charge in [0.2, 0.25) is 5.82 Å². The van der Waals surface area contributed by atoms with Crippen LogP contribution in [0.15, 0.2) is 48.5 Å². The molecule has 27 heavy (non-hydrogen) atoms. The van der Waals surface area contributed by atoms with Crippen molar-refractivity contribution in [3.8, 4) is 11.4 Å². The number of nitrogens with zero attached hydrogens (tertiary/aromatic N) is 3. The van der Waals surface area contributed by atoms with E-state index in [0.29, 0.717) is 27.7 Å². The smallest absolute Gasteiger partial charge is 0.286 e. The van der Waals surface area contributed by atoms with Gasteiger partial charge >= 0.3 is 0 Å². The number of tetrazole rings is 1. The van der Waals surface area contributed by atoms with Crippen LogP contribution in [0.2, 0.25) is 5.02 Å². The van der Waals surface area contributed by atoms with Crippen molar-refractivity contribution >= 4 is 34.3 Å². The first-order valence-corrected chi connectivity index (χ1v) is 8.21. The fourth-order valence-electron chi connectivity index (χ4n) is 2.53. The third-order valence-corrected chi connectivity index (χ3v) is 4.10. The average molecular weight is 382 g/mol. The van der Waals surface area contributed by atoms with E-state index in [9.17, 15) is 9.59 Å². The molecule has 0 saturated heterocycles. The van der Waals surface area contributed by atoms with Gasteiger partial charge in [0.15, 0.2) is 0 Å². The Kier molecular flexibility index (Phi) is 4.27. The summed E-state index contributed by atoms with van der Waals surface area (Å²) in [6.45, 7) is 0. The molecule has 2 heterocycles. The highest BCUT2D eigenvalue weighted by atomic mass is 35.5. The first kappa shape index (κ1) is 16.7. The Bertz CT molecular complexity index is 1120. The Balaban J connectivity index is 1.41. The van der Waals surface area contributed by atoms with Gasteiger partial charge in [0.05, 0.1) is 0 Å². The molecule has 0 radical (unpaired) electrons. The van der Waals surface area contributed by atoms with Crippen LogP contribution in [-0.2, 0) is 0 Å². The van der Waals surface area contributed by atoms with Gasteiger partial charge in [-0.2, -0.15) is 5.21 Å². The average Bonchev–Trinajstić information content (AvgIpc) is 3.35. The van der Waals surface area contributed by atoms with E-state index in [2.05, 4.69) is 36.5 Å². The largest absolute Gasteiger partial charge is 0.350 e. The summed E-state index contributed by atoms with van der Waals surface area (Å²) in [5, 5.41) is 14.9. The lowest BCUT2D eigenvalue weighted by Gasteiger charge is -2.06. The van der Waals surface area contributed by atoms with Crippen molar-refractivity contribution in [1.82, 2.24) is 36.5 Å². The lowest BCUT2D eigenvalue weighted by molar-refractivity contribution is 0.0844. The van der Waals surface area contributed by atoms with E-state index in [1.165, 1.54) is 0 Å². The second-order valence-electron chi connectivity index (χ2n) is 5.64. The number of carbonyl (C=O) groups is 2. The quantitative estimate of drug-likeness (QED) is 0.404. The fraction of sp³-hybridized carbons (Fsp3) is 0. The third kappa shape index (κ3) is 3.48. The minimum absolute atomic E-state index is 0.306. The Morgan fingerprint density at radius 3 is 2.48 bits per heavy atom. The summed E-state index contributed by atoms with van der Waals surface area (Å²) in [4.78, 5) is 27.4. The number of fused-ring (bicyclic) bond motifs is 1. The zero-order chi connectivity index (χ0) is 18.8. The van der Waals surface area contributed by atoms with E-state index in [1.54, 1.807) is 48.5 Å². The summed E-state index contributed by atoms with van der Waals surface area (Å²) < 4.78 is 0. The van der Waals surface area contributed by atoms with Gasteiger partial charge in [-0.15, -0.1) is 10.2 Å². The summed E-state index contributed by atoms with van der Waals surface area (Å²) in [6.07, 6.45) is 0. The third-order valence-electron chi connectivity index (χ3n) is 3.87. The maximum absolute atomic E-state index is 12.2. The molecule has 0 spiro atoms. The Hall–Kier alpha value is -3.72. The number of H-pyrrole nitrogens is 2. The molecule has 134 valence electrons. The van der Waals surface area contributed by atoms with Crippen molar-refractivity contribution in [1.29, 1.82) is 0 Å². The highest BCUT2D eigenvalue weighted by molar-refractivity contribution is 6.31. The van der Waals surface area contributed by atoms with Gasteiger partial charge in [-0.3, -0.25) is 20.4 Å². The molecule has 2 aromatic carbocycles. The molecule has 2 amide bonds. The first-order valence-electron chi connectivity index (χ1n) is 7.83. The molecule has 4 N–H and O–H groups in total. The summed E-state index contributed by atoms with van der Waals surface area (Å²) >= 11 is 5.94. The van der Waals surface area contributed by atoms with Gasteiger partial charge in [0, 0.05) is 27.1 Å². The van der Waals surface area contributed by atoms with Gasteiger partial charge in [0.25, 0.3) is 11.8 Å². The summed E-state index contributed by atoms with van der Waals surface area (Å²) in [7, 11) is 0. The molecule has 0 unspecified atom stereocenters. The van der Waals surface area contributed by atoms with Gasteiger partial charge in [-0.1, -0.05) is 23.7 Å². The first-order chi connectivity index (χ1) is 13.1. The van der Waals surface area contributed by atoms with E-state index < -0.39 is 11.8 Å². The minimum atomic E-state index is -0.473. The normalized spacial score (nSPS) is 10.7. The number of amides is 2. The number of aromatic nitrogens is 5. The van der Waals surface area contributed by atoms with E-state index in [-0.39, 0.29) is 0 Å². The van der Waals surface area contributed by atoms with Crippen molar-refractivity contribution < 1.29 is 9.59 Å². The predicted molar refractivity (Wildman–Crippen MR) is 97.9 cm³/mol. The van der Waals surface area contributed by atoms with Gasteiger partial charge in [-0.05, 0) is 41.6 Å². The molecule has 0 aliphatic heterocycles. The maximum atomic E-state index is 12.2. The molecule has 4 rings (SSSR count). The van der Waals surface area contributed by atoms with Crippen molar-refractivity contribution in [2.75, 3.05) is 0 Å². The van der Waals surface area contributed by atoms with Crippen molar-refractivity contribution in [2.24, 2.45) is 0 Å². The molecule has 0 saturated carbocycles. The van der Waals surface area contributed by atoms with Gasteiger partial charge in [-0.25, -0.2) is 0 Å². The molecule has 0 atom stereocenters. The van der Waals surface area contributed by atoms with Crippen LogP contribution in [0.5, 0.6) is 0 Å². The predicted octanol–water partition coefficient (Wildman–Crippen LogP) is 2.08. The number of nitrogens with one attached hydrogen (secondary N) is 4. The van der Waals surface area contributed by atoms with Crippen LogP contribution < -0.4 is 10.9 Å². The van der Waals surface area contributed by atoms with Crippen molar-refractivity contribution in [3.63, 3.8) is 0 Å². The zero-order valence-corrected chi connectivity index (χ0v) is 14.4. The van der Waals surface area contributed by atoms with E-state index in [4.69, 9.17) is 11.6 Å². The summed E-state index contributed by atoms with van der Waals surface area (Å²) in [5.41, 5.74) is 6.90. The van der Waals surface area contributed by atoms with E-state index in [1.807, 2.05) is 0 Å². The number of rotatable bonds is 3. The molecule has 4 aromatic rings. The molecule has 9 nitrogen and oxygen atoms in total. The lowest BCUT2D eigenvalue weighted by atomic mass is 10.1. The number of hydrogen-bond donors (Lipinski definition) is 4. The molecule has 0 bridgehead atoms. The molecule has 10 heteroatoms. The fourth-order valence-corrected chi connectivity index (χ4v) is 2.71. The molecule has 0 aliphatic carbocycles. The van der Waals surface area contributed by atoms with Crippen LogP contribution in [-0.4, -0.2) is 37.4 Å². The Labute approximate surface area is 157 Å². The second-order valence-corrected chi connectivity index (χ2v) is 6.07. The summed E-state index contributed by atoms with van der Waals surface area (Å²) in [6, 6.07) is 13.5. The number of hydrogen-bond acceptors (Lipinski definition) is 5. The lowest BCUT2D eigenvalue weighted by Crippen LogP contribution is -2.41. The minimum Gasteiger partial charge on any atom is -0.350 e. The van der Waals surface area contributed by atoms with Gasteiger partial charge in [0.1, 0.15) is 5.69 Å². The van der Waals surface area contributed by atoms with Crippen LogP contribution in [0.1, 0.15) is 20.8 Å². The Morgan fingerprint density at radius 2 is 1.74 bits per heavy atom. The maximum Gasteiger partial charge on any atom is 0.286 e. The highest BCUT2D eigenvalue weighted by Gasteiger charge is 2.12. The monoisotopic (exact) mass is 381 g/mol. The standard InChI is InChI=1S/C17H12ClN7O2/c18-12-5-6-13-11(7-12)8-14(19-13)17(27)23-22-16(26)10-3-1-9(2-4-10)15-20-24-25-21-15/h1-8,19H,(H,22,26)(H,23,27)(H,20,21,24,25). The van der Waals surface area contributed by atoms with Crippen molar-refractivity contribution in [2.45, 2.75) is 0 Å². The van der Waals surface area contributed by atoms with Gasteiger partial charge < -0.3 is 4.98 Å². The van der Waals surface area contributed by atoms with E-state index >= 15 is 0 Å². The molecule has 2 aromatic heterocycles. The number of benzene rings is 2. The molecular formula is C17H12ClN7O2. The number of halogens is 1. The number of hydrazine groups is 1. The topological polar surface area (TPSA) is 128 Å². The van der Waals surface area contributed by atoms with Crippen LogP contribution in [0, 0.1) is 0 Å². The van der Waals surface area contributed by atoms with Crippen LogP contribution in [0.3, 0.4) is 0 Å². The van der Waals surface area contributed by atoms with Crippen LogP contribution in [0.25, 0.3) is 22.3 Å². The number of carbonyl (C=O) groups excluding carboxylic acids is 2. The molecule has 0 aliphatic rings. The highest BCUT2D eigenvalue weighted by Crippen LogP contribution is 2.20.